The molecule has 0 bridgehead atoms. The van der Waals surface area contributed by atoms with Crippen LogP contribution in [0.4, 0.5) is 0 Å². The van der Waals surface area contributed by atoms with E-state index in [0.717, 1.165) is 11.5 Å². The molecular formula is C19H29NO2. The highest BCUT2D eigenvalue weighted by molar-refractivity contribution is 5.46. The van der Waals surface area contributed by atoms with Gasteiger partial charge in [0.25, 0.3) is 0 Å². The molecule has 0 radical (unpaired) electrons. The molecule has 3 heteroatoms. The molecule has 3 rings (SSSR count). The van der Waals surface area contributed by atoms with Crippen LogP contribution in [0.15, 0.2) is 18.2 Å². The Morgan fingerprint density at radius 3 is 2.55 bits per heavy atom. The van der Waals surface area contributed by atoms with Crippen molar-refractivity contribution in [2.45, 2.75) is 63.5 Å². The fourth-order valence-electron chi connectivity index (χ4n) is 4.73. The maximum Gasteiger partial charge on any atom is 0.161 e. The van der Waals surface area contributed by atoms with E-state index < -0.39 is 0 Å². The van der Waals surface area contributed by atoms with Gasteiger partial charge in [0.2, 0.25) is 0 Å². The van der Waals surface area contributed by atoms with Gasteiger partial charge in [0, 0.05) is 17.5 Å². The van der Waals surface area contributed by atoms with Crippen LogP contribution in [0.1, 0.15) is 51.5 Å². The van der Waals surface area contributed by atoms with E-state index in [-0.39, 0.29) is 0 Å². The zero-order valence-electron chi connectivity index (χ0n) is 14.4. The van der Waals surface area contributed by atoms with Crippen molar-refractivity contribution < 1.29 is 9.47 Å². The lowest BCUT2D eigenvalue weighted by Gasteiger charge is -2.43. The van der Waals surface area contributed by atoms with Crippen LogP contribution < -0.4 is 9.47 Å². The summed E-state index contributed by atoms with van der Waals surface area (Å²) in [5.41, 5.74) is 1.75. The fourth-order valence-corrected chi connectivity index (χ4v) is 4.73. The number of rotatable bonds is 4. The van der Waals surface area contributed by atoms with Crippen molar-refractivity contribution in [2.75, 3.05) is 20.8 Å². The molecule has 1 aliphatic heterocycles. The van der Waals surface area contributed by atoms with Crippen molar-refractivity contribution in [3.05, 3.63) is 23.8 Å². The van der Waals surface area contributed by atoms with Gasteiger partial charge >= 0.3 is 0 Å². The predicted octanol–water partition coefficient (Wildman–Crippen LogP) is 4.00. The summed E-state index contributed by atoms with van der Waals surface area (Å²) in [6.07, 6.45) is 6.61. The second-order valence-corrected chi connectivity index (χ2v) is 7.07. The molecular weight excluding hydrogens is 274 g/mol. The lowest BCUT2D eigenvalue weighted by Crippen LogP contribution is -2.47. The van der Waals surface area contributed by atoms with Crippen molar-refractivity contribution in [2.24, 2.45) is 0 Å². The molecule has 0 N–H and O–H groups in total. The van der Waals surface area contributed by atoms with Gasteiger partial charge in [0.05, 0.1) is 14.2 Å². The molecule has 122 valence electrons. The monoisotopic (exact) mass is 303 g/mol. The molecule has 1 aromatic rings. The molecule has 3 nitrogen and oxygen atoms in total. The van der Waals surface area contributed by atoms with Crippen LogP contribution in [0, 0.1) is 0 Å². The smallest absolute Gasteiger partial charge is 0.161 e. The molecule has 22 heavy (non-hydrogen) atoms. The van der Waals surface area contributed by atoms with E-state index in [1.165, 1.54) is 44.2 Å². The molecule has 2 aliphatic rings. The Balaban J connectivity index is 2.00. The third-order valence-electron chi connectivity index (χ3n) is 5.83. The second-order valence-electron chi connectivity index (χ2n) is 7.07. The Hall–Kier alpha value is -1.22. The zero-order chi connectivity index (χ0) is 15.7. The van der Waals surface area contributed by atoms with E-state index in [0.29, 0.717) is 17.5 Å². The van der Waals surface area contributed by atoms with Crippen molar-refractivity contribution in [1.82, 2.24) is 4.90 Å². The summed E-state index contributed by atoms with van der Waals surface area (Å²) in [5, 5.41) is 0. The first-order chi connectivity index (χ1) is 10.6. The summed E-state index contributed by atoms with van der Waals surface area (Å²) >= 11 is 0. The molecule has 0 unspecified atom stereocenters. The summed E-state index contributed by atoms with van der Waals surface area (Å²) in [4.78, 5) is 2.72. The van der Waals surface area contributed by atoms with E-state index in [4.69, 9.17) is 9.47 Å². The molecule has 2 fully saturated rings. The molecule has 1 aliphatic carbocycles. The first-order valence-electron chi connectivity index (χ1n) is 8.60. The minimum Gasteiger partial charge on any atom is -0.493 e. The number of hydrogen-bond acceptors (Lipinski definition) is 3. The first-order valence-corrected chi connectivity index (χ1v) is 8.60. The number of benzene rings is 1. The Kier molecular flexibility index (Phi) is 4.35. The van der Waals surface area contributed by atoms with Gasteiger partial charge in [0.1, 0.15) is 0 Å². The summed E-state index contributed by atoms with van der Waals surface area (Å²) in [6, 6.07) is 7.88. The van der Waals surface area contributed by atoms with Crippen LogP contribution in [0.25, 0.3) is 0 Å². The maximum atomic E-state index is 5.55. The van der Waals surface area contributed by atoms with Gasteiger partial charge < -0.3 is 9.47 Å². The van der Waals surface area contributed by atoms with E-state index in [2.05, 4.69) is 36.9 Å². The van der Waals surface area contributed by atoms with Crippen LogP contribution in [0.3, 0.4) is 0 Å². The molecule has 0 aromatic heterocycles. The normalized spacial score (nSPS) is 28.7. The number of likely N-dealkylation sites (tertiary alicyclic amines) is 1. The molecule has 1 heterocycles. The average Bonchev–Trinajstić information content (AvgIpc) is 2.95. The second kappa shape index (κ2) is 6.11. The van der Waals surface area contributed by atoms with E-state index in [1.54, 1.807) is 14.2 Å². The lowest BCUT2D eigenvalue weighted by molar-refractivity contribution is 0.128. The molecule has 1 aromatic carbocycles. The Morgan fingerprint density at radius 1 is 1.09 bits per heavy atom. The van der Waals surface area contributed by atoms with E-state index >= 15 is 0 Å². The number of fused-ring (bicyclic) bond motifs is 1. The van der Waals surface area contributed by atoms with Crippen LogP contribution >= 0.6 is 0 Å². The molecule has 1 saturated heterocycles. The van der Waals surface area contributed by atoms with Crippen LogP contribution in [-0.2, 0) is 5.41 Å². The largest absolute Gasteiger partial charge is 0.493 e. The highest BCUT2D eigenvalue weighted by Gasteiger charge is 2.50. The minimum absolute atomic E-state index is 0.308. The molecule has 1 saturated carbocycles. The van der Waals surface area contributed by atoms with Gasteiger partial charge in [-0.05, 0) is 57.4 Å². The van der Waals surface area contributed by atoms with Crippen molar-refractivity contribution in [3.63, 3.8) is 0 Å². The Morgan fingerprint density at radius 2 is 1.86 bits per heavy atom. The summed E-state index contributed by atoms with van der Waals surface area (Å²) < 4.78 is 11.0. The van der Waals surface area contributed by atoms with Crippen molar-refractivity contribution in [3.8, 4) is 11.5 Å². The van der Waals surface area contributed by atoms with Gasteiger partial charge in [-0.2, -0.15) is 0 Å². The standard InChI is InChI=1S/C19H29NO2/c1-14(2)20-12-11-19(10-6-5-7-18(19)20)15-8-9-16(21-3)17(13-15)22-4/h8-9,13-14,18H,5-7,10-12H2,1-4H3/t18-,19-/m0/s1. The number of methoxy groups -OCH3 is 2. The zero-order valence-corrected chi connectivity index (χ0v) is 14.4. The fraction of sp³-hybridized carbons (Fsp3) is 0.684. The van der Waals surface area contributed by atoms with E-state index in [9.17, 15) is 0 Å². The first kappa shape index (κ1) is 15.7. The van der Waals surface area contributed by atoms with Crippen molar-refractivity contribution >= 4 is 0 Å². The highest BCUT2D eigenvalue weighted by Crippen LogP contribution is 2.50. The topological polar surface area (TPSA) is 21.7 Å². The van der Waals surface area contributed by atoms with Crippen LogP contribution in [0.5, 0.6) is 11.5 Å². The minimum atomic E-state index is 0.308. The third-order valence-corrected chi connectivity index (χ3v) is 5.83. The summed E-state index contributed by atoms with van der Waals surface area (Å²) in [7, 11) is 3.43. The maximum absolute atomic E-state index is 5.55. The van der Waals surface area contributed by atoms with E-state index in [1.807, 2.05) is 0 Å². The summed E-state index contributed by atoms with van der Waals surface area (Å²) in [5.74, 6) is 1.69. The molecule has 0 spiro atoms. The molecule has 0 amide bonds. The van der Waals surface area contributed by atoms with Gasteiger partial charge in [0.15, 0.2) is 11.5 Å². The SMILES string of the molecule is COc1ccc([C@@]23CCCC[C@@H]2N(C(C)C)CC3)cc1OC. The number of hydrogen-bond donors (Lipinski definition) is 0. The number of nitrogens with zero attached hydrogens (tertiary/aromatic N) is 1. The molecule has 2 atom stereocenters. The van der Waals surface area contributed by atoms with Crippen LogP contribution in [0.2, 0.25) is 0 Å². The van der Waals surface area contributed by atoms with Gasteiger partial charge in [-0.15, -0.1) is 0 Å². The number of ether oxygens (including phenoxy) is 2. The van der Waals surface area contributed by atoms with Gasteiger partial charge in [-0.3, -0.25) is 4.90 Å². The summed E-state index contributed by atoms with van der Waals surface area (Å²) in [6.45, 7) is 5.88. The highest BCUT2D eigenvalue weighted by atomic mass is 16.5. The van der Waals surface area contributed by atoms with Gasteiger partial charge in [-0.25, -0.2) is 0 Å². The van der Waals surface area contributed by atoms with Crippen molar-refractivity contribution in [1.29, 1.82) is 0 Å². The van der Waals surface area contributed by atoms with Gasteiger partial charge in [-0.1, -0.05) is 18.9 Å². The Labute approximate surface area is 134 Å². The Bertz CT molecular complexity index is 528. The predicted molar refractivity (Wildman–Crippen MR) is 89.9 cm³/mol. The van der Waals surface area contributed by atoms with Crippen LogP contribution in [-0.4, -0.2) is 37.7 Å². The lowest BCUT2D eigenvalue weighted by atomic mass is 9.66. The third kappa shape index (κ3) is 2.40. The average molecular weight is 303 g/mol. The quantitative estimate of drug-likeness (QED) is 0.839.